The first-order valence-electron chi connectivity index (χ1n) is 7.55. The number of carbonyl (C=O) groups is 1. The van der Waals surface area contributed by atoms with Gasteiger partial charge in [-0.15, -0.1) is 0 Å². The molecule has 5 nitrogen and oxygen atoms in total. The number of amides is 1. The van der Waals surface area contributed by atoms with Gasteiger partial charge in [-0.3, -0.25) is 4.79 Å². The zero-order valence-corrected chi connectivity index (χ0v) is 14.6. The Morgan fingerprint density at radius 3 is 2.50 bits per heavy atom. The maximum atomic E-state index is 12.5. The van der Waals surface area contributed by atoms with E-state index in [1.165, 1.54) is 7.11 Å². The van der Waals surface area contributed by atoms with Crippen molar-refractivity contribution in [2.45, 2.75) is 13.3 Å². The molecule has 0 unspecified atom stereocenters. The predicted molar refractivity (Wildman–Crippen MR) is 94.7 cm³/mol. The molecule has 0 fully saturated rings. The predicted octanol–water partition coefficient (Wildman–Crippen LogP) is 4.40. The summed E-state index contributed by atoms with van der Waals surface area (Å²) in [6, 6.07) is 10.3. The van der Waals surface area contributed by atoms with E-state index >= 15 is 0 Å². The normalized spacial score (nSPS) is 10.2. The van der Waals surface area contributed by atoms with Crippen LogP contribution in [0.1, 0.15) is 23.7 Å². The van der Waals surface area contributed by atoms with Gasteiger partial charge in [0, 0.05) is 5.56 Å². The van der Waals surface area contributed by atoms with Crippen LogP contribution in [0.15, 0.2) is 36.4 Å². The second-order valence-corrected chi connectivity index (χ2v) is 5.40. The van der Waals surface area contributed by atoms with E-state index in [0.29, 0.717) is 40.1 Å². The van der Waals surface area contributed by atoms with Gasteiger partial charge in [0.05, 0.1) is 31.5 Å². The zero-order chi connectivity index (χ0) is 17.5. The number of carbonyl (C=O) groups excluding carboxylic acids is 1. The molecule has 0 aliphatic rings. The molecule has 0 bridgehead atoms. The van der Waals surface area contributed by atoms with Crippen LogP contribution in [0.4, 0.5) is 5.69 Å². The molecule has 1 amide bonds. The van der Waals surface area contributed by atoms with Gasteiger partial charge in [0.1, 0.15) is 5.75 Å². The Morgan fingerprint density at radius 2 is 1.83 bits per heavy atom. The monoisotopic (exact) mass is 349 g/mol. The average Bonchev–Trinajstić information content (AvgIpc) is 2.60. The van der Waals surface area contributed by atoms with Crippen LogP contribution in [0.2, 0.25) is 5.02 Å². The molecule has 0 radical (unpaired) electrons. The summed E-state index contributed by atoms with van der Waals surface area (Å²) in [7, 11) is 3.05. The summed E-state index contributed by atoms with van der Waals surface area (Å²) in [4.78, 5) is 12.5. The third-order valence-corrected chi connectivity index (χ3v) is 3.58. The van der Waals surface area contributed by atoms with Crippen molar-refractivity contribution in [3.8, 4) is 17.2 Å². The Hall–Kier alpha value is -2.40. The van der Waals surface area contributed by atoms with E-state index in [1.807, 2.05) is 19.1 Å². The summed E-state index contributed by atoms with van der Waals surface area (Å²) in [6.45, 7) is 2.51. The minimum atomic E-state index is -0.318. The van der Waals surface area contributed by atoms with E-state index < -0.39 is 0 Å². The molecule has 1 N–H and O–H groups in total. The summed E-state index contributed by atoms with van der Waals surface area (Å²) in [5.74, 6) is 1.12. The van der Waals surface area contributed by atoms with E-state index in [-0.39, 0.29) is 5.91 Å². The number of anilines is 1. The standard InChI is InChI=1S/C18H20ClNO4/c1-4-9-24-17-13(19)10-12(11-16(17)23-3)18(21)20-14-7-5-6-8-15(14)22-2/h5-8,10-11H,4,9H2,1-3H3,(H,20,21). The first kappa shape index (κ1) is 17.9. The van der Waals surface area contributed by atoms with Crippen LogP contribution in [0.5, 0.6) is 17.2 Å². The molecule has 2 aromatic rings. The summed E-state index contributed by atoms with van der Waals surface area (Å²) < 4.78 is 16.1. The number of methoxy groups -OCH3 is 2. The smallest absolute Gasteiger partial charge is 0.255 e. The van der Waals surface area contributed by atoms with E-state index in [2.05, 4.69) is 5.32 Å². The number of halogens is 1. The van der Waals surface area contributed by atoms with Gasteiger partial charge in [-0.1, -0.05) is 30.7 Å². The molecule has 0 saturated carbocycles. The first-order valence-corrected chi connectivity index (χ1v) is 7.93. The molecular weight excluding hydrogens is 330 g/mol. The number of hydrogen-bond donors (Lipinski definition) is 1. The van der Waals surface area contributed by atoms with Crippen molar-refractivity contribution in [2.75, 3.05) is 26.1 Å². The van der Waals surface area contributed by atoms with Crippen molar-refractivity contribution in [3.63, 3.8) is 0 Å². The van der Waals surface area contributed by atoms with Crippen molar-refractivity contribution in [1.29, 1.82) is 0 Å². The largest absolute Gasteiger partial charge is 0.495 e. The highest BCUT2D eigenvalue weighted by Crippen LogP contribution is 2.37. The second-order valence-electron chi connectivity index (χ2n) is 4.99. The van der Waals surface area contributed by atoms with Gasteiger partial charge in [-0.2, -0.15) is 0 Å². The van der Waals surface area contributed by atoms with Crippen molar-refractivity contribution < 1.29 is 19.0 Å². The molecule has 0 spiro atoms. The van der Waals surface area contributed by atoms with Crippen LogP contribution in [0.25, 0.3) is 0 Å². The highest BCUT2D eigenvalue weighted by Gasteiger charge is 2.17. The molecule has 0 aromatic heterocycles. The van der Waals surface area contributed by atoms with Gasteiger partial charge in [-0.25, -0.2) is 0 Å². The lowest BCUT2D eigenvalue weighted by Gasteiger charge is -2.14. The van der Waals surface area contributed by atoms with Crippen LogP contribution in [-0.2, 0) is 0 Å². The topological polar surface area (TPSA) is 56.8 Å². The van der Waals surface area contributed by atoms with E-state index in [0.717, 1.165) is 6.42 Å². The molecule has 24 heavy (non-hydrogen) atoms. The number of para-hydroxylation sites is 2. The highest BCUT2D eigenvalue weighted by atomic mass is 35.5. The molecule has 2 rings (SSSR count). The van der Waals surface area contributed by atoms with Crippen LogP contribution < -0.4 is 19.5 Å². The Bertz CT molecular complexity index is 718. The molecule has 2 aromatic carbocycles. The molecular formula is C18H20ClNO4. The Kier molecular flexibility index (Phi) is 6.32. The molecule has 0 atom stereocenters. The lowest BCUT2D eigenvalue weighted by molar-refractivity contribution is 0.102. The van der Waals surface area contributed by atoms with Crippen LogP contribution in [0.3, 0.4) is 0 Å². The van der Waals surface area contributed by atoms with Gasteiger partial charge in [0.25, 0.3) is 5.91 Å². The lowest BCUT2D eigenvalue weighted by atomic mass is 10.1. The number of benzene rings is 2. The maximum absolute atomic E-state index is 12.5. The SMILES string of the molecule is CCCOc1c(Cl)cc(C(=O)Nc2ccccc2OC)cc1OC. The summed E-state index contributed by atoms with van der Waals surface area (Å²) >= 11 is 6.24. The van der Waals surface area contributed by atoms with Crippen molar-refractivity contribution in [2.24, 2.45) is 0 Å². The summed E-state index contributed by atoms with van der Waals surface area (Å²) in [6.07, 6.45) is 0.843. The van der Waals surface area contributed by atoms with Crippen LogP contribution >= 0.6 is 11.6 Å². The van der Waals surface area contributed by atoms with Crippen molar-refractivity contribution in [3.05, 3.63) is 47.0 Å². The van der Waals surface area contributed by atoms with Crippen LogP contribution in [-0.4, -0.2) is 26.7 Å². The fraction of sp³-hybridized carbons (Fsp3) is 0.278. The summed E-state index contributed by atoms with van der Waals surface area (Å²) in [5, 5.41) is 3.13. The minimum Gasteiger partial charge on any atom is -0.495 e. The third-order valence-electron chi connectivity index (χ3n) is 3.30. The van der Waals surface area contributed by atoms with Crippen molar-refractivity contribution in [1.82, 2.24) is 0 Å². The maximum Gasteiger partial charge on any atom is 0.255 e. The quantitative estimate of drug-likeness (QED) is 0.805. The van der Waals surface area contributed by atoms with Gasteiger partial charge in [0.15, 0.2) is 11.5 Å². The number of rotatable bonds is 7. The Morgan fingerprint density at radius 1 is 1.12 bits per heavy atom. The van der Waals surface area contributed by atoms with E-state index in [1.54, 1.807) is 31.4 Å². The van der Waals surface area contributed by atoms with Crippen LogP contribution in [0, 0.1) is 0 Å². The molecule has 0 heterocycles. The second kappa shape index (κ2) is 8.45. The molecule has 6 heteroatoms. The molecule has 0 aliphatic heterocycles. The van der Waals surface area contributed by atoms with Gasteiger partial charge >= 0.3 is 0 Å². The molecule has 0 aliphatic carbocycles. The fourth-order valence-corrected chi connectivity index (χ4v) is 2.40. The van der Waals surface area contributed by atoms with Gasteiger partial charge < -0.3 is 19.5 Å². The van der Waals surface area contributed by atoms with Gasteiger partial charge in [-0.05, 0) is 30.7 Å². The van der Waals surface area contributed by atoms with Gasteiger partial charge in [0.2, 0.25) is 0 Å². The zero-order valence-electron chi connectivity index (χ0n) is 13.9. The van der Waals surface area contributed by atoms with Crippen molar-refractivity contribution >= 4 is 23.2 Å². The number of hydrogen-bond acceptors (Lipinski definition) is 4. The fourth-order valence-electron chi connectivity index (χ4n) is 2.14. The lowest BCUT2D eigenvalue weighted by Crippen LogP contribution is -2.13. The first-order chi connectivity index (χ1) is 11.6. The minimum absolute atomic E-state index is 0.318. The van der Waals surface area contributed by atoms with E-state index in [4.69, 9.17) is 25.8 Å². The molecule has 0 saturated heterocycles. The number of ether oxygens (including phenoxy) is 3. The van der Waals surface area contributed by atoms with E-state index in [9.17, 15) is 4.79 Å². The molecule has 128 valence electrons. The number of nitrogens with one attached hydrogen (secondary N) is 1. The summed E-state index contributed by atoms with van der Waals surface area (Å²) in [5.41, 5.74) is 0.943. The third kappa shape index (κ3) is 4.11. The Labute approximate surface area is 146 Å². The Balaban J connectivity index is 2.28. The highest BCUT2D eigenvalue weighted by molar-refractivity contribution is 6.32. The average molecular weight is 350 g/mol.